The van der Waals surface area contributed by atoms with Crippen LogP contribution in [0.25, 0.3) is 5.69 Å². The molecule has 1 saturated carbocycles. The maximum absolute atomic E-state index is 4.55. The number of para-hydroxylation sites is 1. The molecule has 21 heavy (non-hydrogen) atoms. The fourth-order valence-corrected chi connectivity index (χ4v) is 3.09. The van der Waals surface area contributed by atoms with Crippen LogP contribution < -0.4 is 5.32 Å². The Balaban J connectivity index is 1.90. The van der Waals surface area contributed by atoms with Crippen LogP contribution >= 0.6 is 0 Å². The zero-order valence-corrected chi connectivity index (χ0v) is 13.0. The number of aromatic nitrogens is 2. The normalized spacial score (nSPS) is 17.6. The highest BCUT2D eigenvalue weighted by molar-refractivity contribution is 5.33. The van der Waals surface area contributed by atoms with E-state index in [2.05, 4.69) is 59.3 Å². The molecule has 112 valence electrons. The molecule has 1 aromatic heterocycles. The molecule has 1 N–H and O–H groups in total. The van der Waals surface area contributed by atoms with Gasteiger partial charge in [0.15, 0.2) is 0 Å². The van der Waals surface area contributed by atoms with Crippen LogP contribution in [0.3, 0.4) is 0 Å². The van der Waals surface area contributed by atoms with Gasteiger partial charge in [-0.3, -0.25) is 0 Å². The maximum Gasteiger partial charge on any atom is 0.0649 e. The van der Waals surface area contributed by atoms with Gasteiger partial charge in [-0.15, -0.1) is 0 Å². The summed E-state index contributed by atoms with van der Waals surface area (Å²) >= 11 is 0. The van der Waals surface area contributed by atoms with Gasteiger partial charge in [0.05, 0.1) is 17.4 Å². The molecule has 0 spiro atoms. The van der Waals surface area contributed by atoms with Gasteiger partial charge in [-0.2, -0.15) is 5.10 Å². The van der Waals surface area contributed by atoms with Gasteiger partial charge in [0.1, 0.15) is 0 Å². The van der Waals surface area contributed by atoms with Crippen molar-refractivity contribution in [1.29, 1.82) is 0 Å². The average molecular weight is 283 g/mol. The summed E-state index contributed by atoms with van der Waals surface area (Å²) in [7, 11) is 0. The van der Waals surface area contributed by atoms with Crippen molar-refractivity contribution in [1.82, 2.24) is 15.1 Å². The number of nitrogens with zero attached hydrogens (tertiary/aromatic N) is 2. The van der Waals surface area contributed by atoms with Crippen LogP contribution in [0.2, 0.25) is 0 Å². The first-order valence-electron chi connectivity index (χ1n) is 8.14. The smallest absolute Gasteiger partial charge is 0.0649 e. The summed E-state index contributed by atoms with van der Waals surface area (Å²) in [6.45, 7) is 5.66. The summed E-state index contributed by atoms with van der Waals surface area (Å²) in [5.41, 5.74) is 2.43. The van der Waals surface area contributed by atoms with Gasteiger partial charge >= 0.3 is 0 Å². The Hall–Kier alpha value is -1.61. The highest BCUT2D eigenvalue weighted by Crippen LogP contribution is 2.42. The molecule has 3 nitrogen and oxygen atoms in total. The summed E-state index contributed by atoms with van der Waals surface area (Å²) in [6, 6.07) is 13.0. The molecule has 0 amide bonds. The Morgan fingerprint density at radius 1 is 1.24 bits per heavy atom. The molecule has 1 aliphatic carbocycles. The minimum absolute atomic E-state index is 0.389. The van der Waals surface area contributed by atoms with E-state index < -0.39 is 0 Å². The van der Waals surface area contributed by atoms with E-state index in [9.17, 15) is 0 Å². The molecule has 3 rings (SSSR count). The molecule has 1 aromatic carbocycles. The lowest BCUT2D eigenvalue weighted by Gasteiger charge is -2.26. The second-order valence-corrected chi connectivity index (χ2v) is 6.13. The highest BCUT2D eigenvalue weighted by Gasteiger charge is 2.35. The second-order valence-electron chi connectivity index (χ2n) is 6.13. The Kier molecular flexibility index (Phi) is 4.39. The van der Waals surface area contributed by atoms with Crippen molar-refractivity contribution in [2.45, 2.75) is 39.2 Å². The first kappa shape index (κ1) is 14.3. The van der Waals surface area contributed by atoms with E-state index in [-0.39, 0.29) is 0 Å². The Morgan fingerprint density at radius 2 is 2.00 bits per heavy atom. The standard InChI is InChI=1S/C18H25N3/c1-3-12-19-18(14(2)15-9-10-15)17-11-13-20-21(17)16-7-5-4-6-8-16/h4-8,11,13-15,18-19H,3,9-10,12H2,1-2H3. The monoisotopic (exact) mass is 283 g/mol. The van der Waals surface area contributed by atoms with E-state index in [1.54, 1.807) is 0 Å². The van der Waals surface area contributed by atoms with Crippen molar-refractivity contribution in [3.05, 3.63) is 48.3 Å². The molecule has 0 radical (unpaired) electrons. The number of benzene rings is 1. The van der Waals surface area contributed by atoms with Crippen molar-refractivity contribution < 1.29 is 0 Å². The third-order valence-electron chi connectivity index (χ3n) is 4.50. The quantitative estimate of drug-likeness (QED) is 0.833. The first-order chi connectivity index (χ1) is 10.3. The van der Waals surface area contributed by atoms with E-state index in [4.69, 9.17) is 0 Å². The van der Waals surface area contributed by atoms with E-state index in [0.29, 0.717) is 12.0 Å². The molecule has 2 aromatic rings. The molecule has 3 heteroatoms. The molecule has 0 aliphatic heterocycles. The average Bonchev–Trinajstić information content (AvgIpc) is 3.27. The van der Waals surface area contributed by atoms with Crippen molar-refractivity contribution in [3.63, 3.8) is 0 Å². The van der Waals surface area contributed by atoms with Gasteiger partial charge in [0.2, 0.25) is 0 Å². The fourth-order valence-electron chi connectivity index (χ4n) is 3.09. The SMILES string of the molecule is CCCNC(c1ccnn1-c1ccccc1)C(C)C1CC1. The molecule has 0 bridgehead atoms. The summed E-state index contributed by atoms with van der Waals surface area (Å²) in [4.78, 5) is 0. The highest BCUT2D eigenvalue weighted by atomic mass is 15.3. The Bertz CT molecular complexity index is 557. The summed E-state index contributed by atoms with van der Waals surface area (Å²) in [5, 5.41) is 8.30. The van der Waals surface area contributed by atoms with Crippen LogP contribution in [-0.4, -0.2) is 16.3 Å². The Morgan fingerprint density at radius 3 is 2.67 bits per heavy atom. The third kappa shape index (κ3) is 3.18. The van der Waals surface area contributed by atoms with Crippen molar-refractivity contribution in [3.8, 4) is 5.69 Å². The van der Waals surface area contributed by atoms with Crippen LogP contribution in [0.1, 0.15) is 44.8 Å². The molecule has 1 heterocycles. The summed E-state index contributed by atoms with van der Waals surface area (Å²) < 4.78 is 2.09. The summed E-state index contributed by atoms with van der Waals surface area (Å²) in [5.74, 6) is 1.54. The van der Waals surface area contributed by atoms with Crippen molar-refractivity contribution >= 4 is 0 Å². The van der Waals surface area contributed by atoms with E-state index in [0.717, 1.165) is 24.6 Å². The predicted octanol–water partition coefficient (Wildman–Crippen LogP) is 3.96. The molecular weight excluding hydrogens is 258 g/mol. The molecule has 1 aliphatic rings. The van der Waals surface area contributed by atoms with Crippen LogP contribution in [0, 0.1) is 11.8 Å². The molecule has 0 saturated heterocycles. The first-order valence-corrected chi connectivity index (χ1v) is 8.14. The second kappa shape index (κ2) is 6.44. The number of hydrogen-bond acceptors (Lipinski definition) is 2. The lowest BCUT2D eigenvalue weighted by molar-refractivity contribution is 0.338. The van der Waals surface area contributed by atoms with Crippen LogP contribution in [0.5, 0.6) is 0 Å². The van der Waals surface area contributed by atoms with Crippen molar-refractivity contribution in [2.75, 3.05) is 6.54 Å². The fraction of sp³-hybridized carbons (Fsp3) is 0.500. The van der Waals surface area contributed by atoms with Gasteiger partial charge in [-0.25, -0.2) is 4.68 Å². The van der Waals surface area contributed by atoms with Gasteiger partial charge in [-0.05, 0) is 55.8 Å². The largest absolute Gasteiger partial charge is 0.308 e. The zero-order valence-electron chi connectivity index (χ0n) is 13.0. The molecule has 2 atom stereocenters. The third-order valence-corrected chi connectivity index (χ3v) is 4.50. The molecule has 2 unspecified atom stereocenters. The lowest BCUT2D eigenvalue weighted by atomic mass is 9.93. The van der Waals surface area contributed by atoms with E-state index >= 15 is 0 Å². The van der Waals surface area contributed by atoms with Crippen molar-refractivity contribution in [2.24, 2.45) is 11.8 Å². The topological polar surface area (TPSA) is 29.9 Å². The van der Waals surface area contributed by atoms with Crippen LogP contribution in [-0.2, 0) is 0 Å². The number of nitrogens with one attached hydrogen (secondary N) is 1. The zero-order chi connectivity index (χ0) is 14.7. The molecule has 1 fully saturated rings. The Labute approximate surface area is 127 Å². The number of rotatable bonds is 7. The lowest BCUT2D eigenvalue weighted by Crippen LogP contribution is -2.30. The minimum atomic E-state index is 0.389. The van der Waals surface area contributed by atoms with E-state index in [1.165, 1.54) is 18.5 Å². The van der Waals surface area contributed by atoms with Crippen LogP contribution in [0.15, 0.2) is 42.6 Å². The molecular formula is C18H25N3. The minimum Gasteiger partial charge on any atom is -0.308 e. The van der Waals surface area contributed by atoms with Gasteiger partial charge < -0.3 is 5.32 Å². The van der Waals surface area contributed by atoms with E-state index in [1.807, 2.05) is 12.3 Å². The van der Waals surface area contributed by atoms with Gasteiger partial charge in [-0.1, -0.05) is 32.0 Å². The predicted molar refractivity (Wildman–Crippen MR) is 86.5 cm³/mol. The number of hydrogen-bond donors (Lipinski definition) is 1. The summed E-state index contributed by atoms with van der Waals surface area (Å²) in [6.07, 6.45) is 5.84. The van der Waals surface area contributed by atoms with Gasteiger partial charge in [0, 0.05) is 6.20 Å². The van der Waals surface area contributed by atoms with Gasteiger partial charge in [0.25, 0.3) is 0 Å². The van der Waals surface area contributed by atoms with Crippen LogP contribution in [0.4, 0.5) is 0 Å². The maximum atomic E-state index is 4.55.